The molecule has 6 heteroatoms. The molecule has 1 aliphatic heterocycles. The highest BCUT2D eigenvalue weighted by atomic mass is 16.5. The number of carbonyl (C=O) groups is 1. The molecule has 1 amide bonds. The Labute approximate surface area is 122 Å². The second kappa shape index (κ2) is 5.40. The molecule has 1 aliphatic rings. The SMILES string of the molecule is CCOc1ccc(N2Cc3nc(NC)ncc3C2=O)cc1. The minimum atomic E-state index is -0.0724. The van der Waals surface area contributed by atoms with E-state index in [0.29, 0.717) is 24.7 Å². The zero-order chi connectivity index (χ0) is 14.8. The predicted molar refractivity (Wildman–Crippen MR) is 79.7 cm³/mol. The van der Waals surface area contributed by atoms with Gasteiger partial charge in [0.05, 0.1) is 24.4 Å². The highest BCUT2D eigenvalue weighted by Crippen LogP contribution is 2.28. The van der Waals surface area contributed by atoms with E-state index in [0.717, 1.165) is 17.1 Å². The van der Waals surface area contributed by atoms with Crippen LogP contribution in [0.4, 0.5) is 11.6 Å². The van der Waals surface area contributed by atoms with Crippen LogP contribution >= 0.6 is 0 Å². The number of amides is 1. The van der Waals surface area contributed by atoms with Gasteiger partial charge in [0, 0.05) is 18.9 Å². The number of rotatable bonds is 4. The Morgan fingerprint density at radius 2 is 2.10 bits per heavy atom. The van der Waals surface area contributed by atoms with Crippen LogP contribution in [-0.4, -0.2) is 29.5 Å². The lowest BCUT2D eigenvalue weighted by molar-refractivity contribution is 0.0996. The molecule has 3 rings (SSSR count). The molecule has 1 aromatic carbocycles. The number of aromatic nitrogens is 2. The largest absolute Gasteiger partial charge is 0.494 e. The molecule has 108 valence electrons. The summed E-state index contributed by atoms with van der Waals surface area (Å²) in [4.78, 5) is 22.5. The van der Waals surface area contributed by atoms with Crippen molar-refractivity contribution < 1.29 is 9.53 Å². The molecule has 0 fully saturated rings. The third-order valence-electron chi connectivity index (χ3n) is 3.33. The number of anilines is 2. The summed E-state index contributed by atoms with van der Waals surface area (Å²) in [7, 11) is 1.75. The van der Waals surface area contributed by atoms with Crippen molar-refractivity contribution in [3.63, 3.8) is 0 Å². The summed E-state index contributed by atoms with van der Waals surface area (Å²) >= 11 is 0. The first-order chi connectivity index (χ1) is 10.2. The third-order valence-corrected chi connectivity index (χ3v) is 3.33. The number of nitrogens with one attached hydrogen (secondary N) is 1. The van der Waals surface area contributed by atoms with Gasteiger partial charge in [0.2, 0.25) is 5.95 Å². The van der Waals surface area contributed by atoms with E-state index in [9.17, 15) is 4.79 Å². The maximum atomic E-state index is 12.4. The fourth-order valence-electron chi connectivity index (χ4n) is 2.30. The topological polar surface area (TPSA) is 67.3 Å². The molecule has 6 nitrogen and oxygen atoms in total. The average molecular weight is 284 g/mol. The van der Waals surface area contributed by atoms with Crippen molar-refractivity contribution in [3.8, 4) is 5.75 Å². The molecule has 0 radical (unpaired) electrons. The lowest BCUT2D eigenvalue weighted by Crippen LogP contribution is -2.22. The maximum Gasteiger partial charge on any atom is 0.262 e. The zero-order valence-electron chi connectivity index (χ0n) is 12.0. The van der Waals surface area contributed by atoms with E-state index >= 15 is 0 Å². The molecular weight excluding hydrogens is 268 g/mol. The molecule has 0 aliphatic carbocycles. The number of benzene rings is 1. The monoisotopic (exact) mass is 284 g/mol. The average Bonchev–Trinajstić information content (AvgIpc) is 2.85. The molecule has 1 aromatic heterocycles. The smallest absolute Gasteiger partial charge is 0.262 e. The molecule has 0 saturated heterocycles. The summed E-state index contributed by atoms with van der Waals surface area (Å²) < 4.78 is 5.41. The fourth-order valence-corrected chi connectivity index (χ4v) is 2.30. The van der Waals surface area contributed by atoms with Crippen molar-refractivity contribution in [1.82, 2.24) is 9.97 Å². The van der Waals surface area contributed by atoms with E-state index in [4.69, 9.17) is 4.74 Å². The number of carbonyl (C=O) groups excluding carboxylic acids is 1. The minimum Gasteiger partial charge on any atom is -0.494 e. The van der Waals surface area contributed by atoms with Gasteiger partial charge in [-0.1, -0.05) is 0 Å². The number of hydrogen-bond acceptors (Lipinski definition) is 5. The van der Waals surface area contributed by atoms with Crippen molar-refractivity contribution in [2.75, 3.05) is 23.9 Å². The van der Waals surface area contributed by atoms with E-state index in [1.165, 1.54) is 0 Å². The van der Waals surface area contributed by atoms with Crippen LogP contribution in [0.1, 0.15) is 23.0 Å². The summed E-state index contributed by atoms with van der Waals surface area (Å²) in [6.07, 6.45) is 1.57. The number of hydrogen-bond donors (Lipinski definition) is 1. The predicted octanol–water partition coefficient (Wildman–Crippen LogP) is 2.08. The molecule has 2 heterocycles. The molecule has 0 saturated carbocycles. The molecular formula is C15H16N4O2. The van der Waals surface area contributed by atoms with Gasteiger partial charge in [0.1, 0.15) is 5.75 Å². The Bertz CT molecular complexity index is 670. The fraction of sp³-hybridized carbons (Fsp3) is 0.267. The first-order valence-corrected chi connectivity index (χ1v) is 6.81. The third kappa shape index (κ3) is 2.40. The summed E-state index contributed by atoms with van der Waals surface area (Å²) in [5, 5.41) is 2.88. The molecule has 1 N–H and O–H groups in total. The number of ether oxygens (including phenoxy) is 1. The van der Waals surface area contributed by atoms with Crippen LogP contribution in [0, 0.1) is 0 Å². The van der Waals surface area contributed by atoms with E-state index in [-0.39, 0.29) is 5.91 Å². The van der Waals surface area contributed by atoms with Crippen LogP contribution in [0.3, 0.4) is 0 Å². The summed E-state index contributed by atoms with van der Waals surface area (Å²) in [5.74, 6) is 1.24. The summed E-state index contributed by atoms with van der Waals surface area (Å²) in [6.45, 7) is 3.02. The highest BCUT2D eigenvalue weighted by molar-refractivity contribution is 6.09. The van der Waals surface area contributed by atoms with E-state index in [2.05, 4.69) is 15.3 Å². The molecule has 0 bridgehead atoms. The number of nitrogens with zero attached hydrogens (tertiary/aromatic N) is 3. The molecule has 0 spiro atoms. The maximum absolute atomic E-state index is 12.4. The van der Waals surface area contributed by atoms with Crippen molar-refractivity contribution in [2.45, 2.75) is 13.5 Å². The van der Waals surface area contributed by atoms with Crippen LogP contribution < -0.4 is 15.0 Å². The Balaban J connectivity index is 1.86. The second-order valence-corrected chi connectivity index (χ2v) is 4.62. The van der Waals surface area contributed by atoms with Gasteiger partial charge < -0.3 is 15.0 Å². The Morgan fingerprint density at radius 1 is 1.33 bits per heavy atom. The van der Waals surface area contributed by atoms with Gasteiger partial charge in [-0.2, -0.15) is 0 Å². The zero-order valence-corrected chi connectivity index (χ0v) is 12.0. The molecule has 21 heavy (non-hydrogen) atoms. The molecule has 2 aromatic rings. The van der Waals surface area contributed by atoms with Crippen LogP contribution in [0.15, 0.2) is 30.5 Å². The standard InChI is InChI=1S/C15H16N4O2/c1-3-21-11-6-4-10(5-7-11)19-9-13-12(14(19)20)8-17-15(16-2)18-13/h4-8H,3,9H2,1-2H3,(H,16,17,18). The van der Waals surface area contributed by atoms with Crippen molar-refractivity contribution in [3.05, 3.63) is 41.7 Å². The van der Waals surface area contributed by atoms with Gasteiger partial charge in [-0.3, -0.25) is 4.79 Å². The van der Waals surface area contributed by atoms with Crippen LogP contribution in [-0.2, 0) is 6.54 Å². The van der Waals surface area contributed by atoms with Crippen LogP contribution in [0.5, 0.6) is 5.75 Å². The normalized spacial score (nSPS) is 13.2. The van der Waals surface area contributed by atoms with Gasteiger partial charge in [-0.05, 0) is 31.2 Å². The van der Waals surface area contributed by atoms with Crippen LogP contribution in [0.2, 0.25) is 0 Å². The first-order valence-electron chi connectivity index (χ1n) is 6.81. The van der Waals surface area contributed by atoms with Crippen molar-refractivity contribution >= 4 is 17.5 Å². The van der Waals surface area contributed by atoms with E-state index in [1.807, 2.05) is 31.2 Å². The lowest BCUT2D eigenvalue weighted by atomic mass is 10.2. The van der Waals surface area contributed by atoms with Gasteiger partial charge in [-0.25, -0.2) is 9.97 Å². The Morgan fingerprint density at radius 3 is 2.76 bits per heavy atom. The van der Waals surface area contributed by atoms with Gasteiger partial charge >= 0.3 is 0 Å². The summed E-state index contributed by atoms with van der Waals surface area (Å²) in [5.41, 5.74) is 2.13. The van der Waals surface area contributed by atoms with E-state index in [1.54, 1.807) is 18.1 Å². The van der Waals surface area contributed by atoms with Crippen molar-refractivity contribution in [1.29, 1.82) is 0 Å². The Hall–Kier alpha value is -2.63. The first kappa shape index (κ1) is 13.4. The van der Waals surface area contributed by atoms with Crippen molar-refractivity contribution in [2.24, 2.45) is 0 Å². The van der Waals surface area contributed by atoms with Crippen LogP contribution in [0.25, 0.3) is 0 Å². The van der Waals surface area contributed by atoms with Gasteiger partial charge in [0.15, 0.2) is 0 Å². The second-order valence-electron chi connectivity index (χ2n) is 4.62. The quantitative estimate of drug-likeness (QED) is 0.931. The summed E-state index contributed by atoms with van der Waals surface area (Å²) in [6, 6.07) is 7.47. The lowest BCUT2D eigenvalue weighted by Gasteiger charge is -2.15. The molecule has 0 unspecified atom stereocenters. The van der Waals surface area contributed by atoms with E-state index < -0.39 is 0 Å². The minimum absolute atomic E-state index is 0.0724. The van der Waals surface area contributed by atoms with Gasteiger partial charge in [0.25, 0.3) is 5.91 Å². The number of fused-ring (bicyclic) bond motifs is 1. The molecule has 0 atom stereocenters. The van der Waals surface area contributed by atoms with Gasteiger partial charge in [-0.15, -0.1) is 0 Å². The highest BCUT2D eigenvalue weighted by Gasteiger charge is 2.30. The Kier molecular flexibility index (Phi) is 3.43.